The van der Waals surface area contributed by atoms with Gasteiger partial charge >= 0.3 is 0 Å². The Bertz CT molecular complexity index is 655. The fourth-order valence-corrected chi connectivity index (χ4v) is 1.98. The second kappa shape index (κ2) is 7.38. The molecule has 0 atom stereocenters. The predicted molar refractivity (Wildman–Crippen MR) is 81.2 cm³/mol. The lowest BCUT2D eigenvalue weighted by Gasteiger charge is -2.16. The number of ketones is 1. The largest absolute Gasteiger partial charge is 0.492 e. The van der Waals surface area contributed by atoms with Crippen LogP contribution in [0, 0.1) is 0 Å². The molecule has 114 valence electrons. The summed E-state index contributed by atoms with van der Waals surface area (Å²) in [7, 11) is 0. The number of nitrogens with zero attached hydrogens (tertiary/aromatic N) is 1. The molecule has 2 aromatic carbocycles. The Hall–Kier alpha value is -2.66. The highest BCUT2D eigenvalue weighted by atomic mass is 16.5. The Morgan fingerprint density at radius 2 is 1.59 bits per heavy atom. The van der Waals surface area contributed by atoms with Crippen LogP contribution in [0.4, 0.5) is 0 Å². The molecular formula is C17H17NO4. The normalized spacial score (nSPS) is 10.1. The fraction of sp³-hybridized carbons (Fsp3) is 0.176. The first-order chi connectivity index (χ1) is 10.6. The third kappa shape index (κ3) is 3.93. The van der Waals surface area contributed by atoms with E-state index in [-0.39, 0.29) is 30.1 Å². The number of hydroxylamine groups is 2. The van der Waals surface area contributed by atoms with Crippen molar-refractivity contribution in [3.8, 4) is 5.75 Å². The van der Waals surface area contributed by atoms with Gasteiger partial charge in [-0.25, -0.2) is 5.06 Å². The van der Waals surface area contributed by atoms with E-state index in [2.05, 4.69) is 0 Å². The molecule has 0 unspecified atom stereocenters. The van der Waals surface area contributed by atoms with Crippen molar-refractivity contribution in [1.82, 2.24) is 5.06 Å². The van der Waals surface area contributed by atoms with Gasteiger partial charge in [-0.05, 0) is 25.1 Å². The molecular weight excluding hydrogens is 282 g/mol. The zero-order valence-electron chi connectivity index (χ0n) is 12.2. The van der Waals surface area contributed by atoms with Gasteiger partial charge in [0, 0.05) is 5.56 Å². The number of para-hydroxylation sites is 1. The lowest BCUT2D eigenvalue weighted by molar-refractivity contribution is -0.0637. The molecule has 0 fully saturated rings. The van der Waals surface area contributed by atoms with Crippen LogP contribution in [0.1, 0.15) is 27.6 Å². The first-order valence-electron chi connectivity index (χ1n) is 6.88. The monoisotopic (exact) mass is 299 g/mol. The number of carbonyl (C=O) groups is 2. The minimum atomic E-state index is -0.623. The summed E-state index contributed by atoms with van der Waals surface area (Å²) in [6.45, 7) is 1.53. The van der Waals surface area contributed by atoms with E-state index in [4.69, 9.17) is 4.74 Å². The van der Waals surface area contributed by atoms with E-state index in [1.807, 2.05) is 18.2 Å². The molecule has 0 heterocycles. The molecule has 2 aromatic rings. The van der Waals surface area contributed by atoms with Crippen LogP contribution in [0.25, 0.3) is 0 Å². The maximum atomic E-state index is 12.2. The number of ether oxygens (including phenoxy) is 1. The molecule has 0 bridgehead atoms. The first kappa shape index (κ1) is 15.7. The second-order valence-electron chi connectivity index (χ2n) is 4.69. The standard InChI is InChI=1S/C17H17NO4/c1-13(19)15-9-5-6-10-16(15)17(20)18(21)11-12-22-14-7-3-2-4-8-14/h2-10,21H,11-12H2,1H3. The van der Waals surface area contributed by atoms with E-state index in [0.717, 1.165) is 0 Å². The van der Waals surface area contributed by atoms with E-state index >= 15 is 0 Å². The van der Waals surface area contributed by atoms with Gasteiger partial charge in [-0.2, -0.15) is 0 Å². The zero-order valence-corrected chi connectivity index (χ0v) is 12.2. The summed E-state index contributed by atoms with van der Waals surface area (Å²) in [6, 6.07) is 15.5. The third-order valence-corrected chi connectivity index (χ3v) is 3.09. The van der Waals surface area contributed by atoms with E-state index in [1.165, 1.54) is 13.0 Å². The third-order valence-electron chi connectivity index (χ3n) is 3.09. The van der Waals surface area contributed by atoms with Gasteiger partial charge < -0.3 is 4.74 Å². The molecule has 0 saturated heterocycles. The molecule has 1 N–H and O–H groups in total. The SMILES string of the molecule is CC(=O)c1ccccc1C(=O)N(O)CCOc1ccccc1. The summed E-state index contributed by atoms with van der Waals surface area (Å²) in [4.78, 5) is 23.7. The Balaban J connectivity index is 1.96. The molecule has 0 aliphatic rings. The Labute approximate surface area is 128 Å². The molecule has 5 nitrogen and oxygen atoms in total. The number of carbonyl (C=O) groups excluding carboxylic acids is 2. The van der Waals surface area contributed by atoms with Crippen LogP contribution in [0.15, 0.2) is 54.6 Å². The number of Topliss-reactive ketones (excluding diaryl/α,β-unsaturated/α-hetero) is 1. The van der Waals surface area contributed by atoms with Crippen LogP contribution in [0.2, 0.25) is 0 Å². The van der Waals surface area contributed by atoms with Crippen LogP contribution in [-0.2, 0) is 0 Å². The summed E-state index contributed by atoms with van der Waals surface area (Å²) in [6.07, 6.45) is 0. The van der Waals surface area contributed by atoms with Crippen molar-refractivity contribution in [2.24, 2.45) is 0 Å². The average Bonchev–Trinajstić information content (AvgIpc) is 2.55. The lowest BCUT2D eigenvalue weighted by Crippen LogP contribution is -2.32. The predicted octanol–water partition coefficient (Wildman–Crippen LogP) is 2.80. The van der Waals surface area contributed by atoms with E-state index in [1.54, 1.807) is 30.3 Å². The van der Waals surface area contributed by atoms with Crippen molar-refractivity contribution in [1.29, 1.82) is 0 Å². The average molecular weight is 299 g/mol. The number of hydrogen-bond donors (Lipinski definition) is 1. The molecule has 0 spiro atoms. The van der Waals surface area contributed by atoms with Gasteiger partial charge in [0.1, 0.15) is 12.4 Å². The molecule has 5 heteroatoms. The molecule has 0 aliphatic carbocycles. The van der Waals surface area contributed by atoms with Crippen LogP contribution in [-0.4, -0.2) is 35.1 Å². The van der Waals surface area contributed by atoms with Gasteiger partial charge in [0.25, 0.3) is 5.91 Å². The maximum absolute atomic E-state index is 12.2. The van der Waals surface area contributed by atoms with E-state index < -0.39 is 5.91 Å². The summed E-state index contributed by atoms with van der Waals surface area (Å²) in [5.41, 5.74) is 0.465. The van der Waals surface area contributed by atoms with Crippen molar-refractivity contribution >= 4 is 11.7 Å². The second-order valence-corrected chi connectivity index (χ2v) is 4.69. The van der Waals surface area contributed by atoms with Crippen molar-refractivity contribution in [3.63, 3.8) is 0 Å². The van der Waals surface area contributed by atoms with Gasteiger partial charge in [0.2, 0.25) is 0 Å². The summed E-state index contributed by atoms with van der Waals surface area (Å²) in [5, 5.41) is 10.4. The summed E-state index contributed by atoms with van der Waals surface area (Å²) < 4.78 is 5.42. The van der Waals surface area contributed by atoms with Crippen molar-refractivity contribution < 1.29 is 19.5 Å². The first-order valence-corrected chi connectivity index (χ1v) is 6.88. The Morgan fingerprint density at radius 1 is 1.00 bits per heavy atom. The van der Waals surface area contributed by atoms with Crippen molar-refractivity contribution in [2.45, 2.75) is 6.92 Å². The highest BCUT2D eigenvalue weighted by Gasteiger charge is 2.18. The Kier molecular flexibility index (Phi) is 5.27. The van der Waals surface area contributed by atoms with Gasteiger partial charge in [-0.1, -0.05) is 36.4 Å². The summed E-state index contributed by atoms with van der Waals surface area (Å²) in [5.74, 6) is -0.187. The van der Waals surface area contributed by atoms with Crippen molar-refractivity contribution in [3.05, 3.63) is 65.7 Å². The highest BCUT2D eigenvalue weighted by molar-refractivity contribution is 6.06. The fourth-order valence-electron chi connectivity index (χ4n) is 1.98. The number of amides is 1. The van der Waals surface area contributed by atoms with Gasteiger partial charge in [-0.15, -0.1) is 0 Å². The smallest absolute Gasteiger partial charge is 0.278 e. The zero-order chi connectivity index (χ0) is 15.9. The molecule has 0 aromatic heterocycles. The molecule has 0 aliphatic heterocycles. The highest BCUT2D eigenvalue weighted by Crippen LogP contribution is 2.12. The van der Waals surface area contributed by atoms with Gasteiger partial charge in [0.15, 0.2) is 5.78 Å². The minimum Gasteiger partial charge on any atom is -0.492 e. The van der Waals surface area contributed by atoms with Crippen molar-refractivity contribution in [2.75, 3.05) is 13.2 Å². The number of hydrogen-bond acceptors (Lipinski definition) is 4. The van der Waals surface area contributed by atoms with Gasteiger partial charge in [0.05, 0.1) is 12.1 Å². The maximum Gasteiger partial charge on any atom is 0.278 e. The molecule has 1 amide bonds. The topological polar surface area (TPSA) is 66.8 Å². The Morgan fingerprint density at radius 3 is 2.23 bits per heavy atom. The van der Waals surface area contributed by atoms with Crippen LogP contribution in [0.5, 0.6) is 5.75 Å². The van der Waals surface area contributed by atoms with E-state index in [0.29, 0.717) is 10.8 Å². The quantitative estimate of drug-likeness (QED) is 0.506. The van der Waals surface area contributed by atoms with Crippen LogP contribution >= 0.6 is 0 Å². The summed E-state index contributed by atoms with van der Waals surface area (Å²) >= 11 is 0. The van der Waals surface area contributed by atoms with E-state index in [9.17, 15) is 14.8 Å². The number of benzene rings is 2. The van der Waals surface area contributed by atoms with Crippen LogP contribution in [0.3, 0.4) is 0 Å². The molecule has 0 radical (unpaired) electrons. The molecule has 0 saturated carbocycles. The van der Waals surface area contributed by atoms with Gasteiger partial charge in [-0.3, -0.25) is 14.8 Å². The molecule has 2 rings (SSSR count). The minimum absolute atomic E-state index is 0.0000331. The number of rotatable bonds is 6. The van der Waals surface area contributed by atoms with Crippen LogP contribution < -0.4 is 4.74 Å². The lowest BCUT2D eigenvalue weighted by atomic mass is 10.0. The molecule has 22 heavy (non-hydrogen) atoms.